The van der Waals surface area contributed by atoms with Gasteiger partial charge < -0.3 is 15.0 Å². The molecule has 2 N–H and O–H groups in total. The van der Waals surface area contributed by atoms with Crippen LogP contribution < -0.4 is 14.6 Å². The zero-order chi connectivity index (χ0) is 14.1. The van der Waals surface area contributed by atoms with E-state index < -0.39 is 0 Å². The summed E-state index contributed by atoms with van der Waals surface area (Å²) in [4.78, 5) is 18.5. The van der Waals surface area contributed by atoms with Crippen molar-refractivity contribution in [3.05, 3.63) is 22.6 Å². The van der Waals surface area contributed by atoms with E-state index in [-0.39, 0.29) is 0 Å². The largest absolute Gasteiger partial charge is 0.493 e. The topological polar surface area (TPSA) is 76.2 Å². The van der Waals surface area contributed by atoms with Crippen LogP contribution in [0.3, 0.4) is 0 Å². The van der Waals surface area contributed by atoms with E-state index in [0.717, 1.165) is 35.4 Å². The van der Waals surface area contributed by atoms with E-state index in [1.807, 2.05) is 20.2 Å². The van der Waals surface area contributed by atoms with Crippen LogP contribution in [0.2, 0.25) is 0 Å². The van der Waals surface area contributed by atoms with Crippen LogP contribution in [-0.2, 0) is 6.42 Å². The Balaban J connectivity index is 1.93. The molecule has 1 aliphatic heterocycles. The number of hydrogen-bond donors (Lipinski definition) is 2. The summed E-state index contributed by atoms with van der Waals surface area (Å²) in [7, 11) is 3.99. The minimum absolute atomic E-state index is 0.480. The summed E-state index contributed by atoms with van der Waals surface area (Å²) in [6.45, 7) is 2.25. The Labute approximate surface area is 116 Å². The highest BCUT2D eigenvalue weighted by Crippen LogP contribution is 2.28. The molecule has 1 aliphatic rings. The second kappa shape index (κ2) is 5.09. The molecule has 0 amide bonds. The second-order valence-electron chi connectivity index (χ2n) is 5.14. The Bertz CT molecular complexity index is 695. The summed E-state index contributed by atoms with van der Waals surface area (Å²) >= 11 is 0. The van der Waals surface area contributed by atoms with Crippen LogP contribution in [0.15, 0.2) is 12.1 Å². The fraction of sp³-hybridized carbons (Fsp3) is 0.462. The van der Waals surface area contributed by atoms with Gasteiger partial charge in [0.25, 0.3) is 5.95 Å². The van der Waals surface area contributed by atoms with Gasteiger partial charge in [-0.1, -0.05) is 5.10 Å². The van der Waals surface area contributed by atoms with E-state index in [1.54, 1.807) is 6.07 Å². The molecule has 0 radical (unpaired) electrons. The van der Waals surface area contributed by atoms with Crippen LogP contribution in [-0.4, -0.2) is 48.8 Å². The van der Waals surface area contributed by atoms with Gasteiger partial charge in [-0.25, -0.2) is 4.98 Å². The molecule has 3 rings (SSSR count). The van der Waals surface area contributed by atoms with Crippen LogP contribution in [0.25, 0.3) is 11.0 Å². The predicted molar refractivity (Wildman–Crippen MR) is 75.7 cm³/mol. The van der Waals surface area contributed by atoms with Gasteiger partial charge in [-0.3, -0.25) is 0 Å². The average Bonchev–Trinajstić information content (AvgIpc) is 2.83. The zero-order valence-electron chi connectivity index (χ0n) is 11.6. The number of benzene rings is 1. The highest BCUT2D eigenvalue weighted by Gasteiger charge is 2.19. The quantitative estimate of drug-likeness (QED) is 0.790. The van der Waals surface area contributed by atoms with Gasteiger partial charge in [-0.15, -0.1) is 0 Å². The minimum Gasteiger partial charge on any atom is -0.493 e. The van der Waals surface area contributed by atoms with Gasteiger partial charge in [0, 0.05) is 25.1 Å². The molecule has 0 bridgehead atoms. The van der Waals surface area contributed by atoms with Crippen molar-refractivity contribution in [1.82, 2.24) is 15.0 Å². The number of likely N-dealkylation sites (N-methyl/N-ethyl adjacent to an activating group) is 1. The summed E-state index contributed by atoms with van der Waals surface area (Å²) in [6.07, 6.45) is 0.869. The first-order valence-corrected chi connectivity index (χ1v) is 6.64. The van der Waals surface area contributed by atoms with Gasteiger partial charge >= 0.3 is 5.52 Å². The number of rotatable bonds is 4. The lowest BCUT2D eigenvalue weighted by Gasteiger charge is -2.09. The van der Waals surface area contributed by atoms with Gasteiger partial charge in [0.15, 0.2) is 4.54 Å². The SMILES string of the molecule is CN(C)CCNc1nc2cc3c(cc2[n+](=O)[nH]1)OCC3. The van der Waals surface area contributed by atoms with Crippen LogP contribution >= 0.6 is 0 Å². The summed E-state index contributed by atoms with van der Waals surface area (Å²) in [5.74, 6) is 1.26. The summed E-state index contributed by atoms with van der Waals surface area (Å²) in [6, 6.07) is 3.68. The van der Waals surface area contributed by atoms with E-state index in [9.17, 15) is 4.91 Å². The molecule has 20 heavy (non-hydrogen) atoms. The van der Waals surface area contributed by atoms with Crippen molar-refractivity contribution in [3.63, 3.8) is 0 Å². The van der Waals surface area contributed by atoms with Gasteiger partial charge in [-0.05, 0) is 20.2 Å². The van der Waals surface area contributed by atoms with Gasteiger partial charge in [-0.2, -0.15) is 0 Å². The van der Waals surface area contributed by atoms with Crippen molar-refractivity contribution in [2.45, 2.75) is 6.42 Å². The first-order valence-electron chi connectivity index (χ1n) is 6.64. The first kappa shape index (κ1) is 12.9. The van der Waals surface area contributed by atoms with Crippen LogP contribution in [0.4, 0.5) is 5.95 Å². The molecule has 106 valence electrons. The molecule has 0 saturated carbocycles. The molecule has 7 heteroatoms. The fourth-order valence-corrected chi connectivity index (χ4v) is 2.23. The molecule has 0 fully saturated rings. The molecule has 0 spiro atoms. The lowest BCUT2D eigenvalue weighted by atomic mass is 10.1. The molecule has 0 unspecified atom stereocenters. The maximum atomic E-state index is 12.0. The first-order chi connectivity index (χ1) is 9.63. The number of H-pyrrole nitrogens is 1. The Morgan fingerprint density at radius 2 is 2.35 bits per heavy atom. The van der Waals surface area contributed by atoms with Crippen molar-refractivity contribution in [1.29, 1.82) is 0 Å². The second-order valence-corrected chi connectivity index (χ2v) is 5.14. The van der Waals surface area contributed by atoms with Crippen molar-refractivity contribution < 1.29 is 9.28 Å². The lowest BCUT2D eigenvalue weighted by Crippen LogP contribution is -2.26. The van der Waals surface area contributed by atoms with Crippen molar-refractivity contribution in [3.8, 4) is 5.75 Å². The molecule has 0 aliphatic carbocycles. The third-order valence-corrected chi connectivity index (χ3v) is 3.30. The van der Waals surface area contributed by atoms with Crippen LogP contribution in [0, 0.1) is 4.91 Å². The number of aromatic nitrogens is 3. The average molecular weight is 276 g/mol. The zero-order valence-corrected chi connectivity index (χ0v) is 11.6. The number of anilines is 1. The smallest absolute Gasteiger partial charge is 0.321 e. The summed E-state index contributed by atoms with van der Waals surface area (Å²) in [5.41, 5.74) is 2.27. The molecular formula is C13H18N5O2+. The Morgan fingerprint density at radius 1 is 1.50 bits per heavy atom. The van der Waals surface area contributed by atoms with Gasteiger partial charge in [0.1, 0.15) is 11.3 Å². The van der Waals surface area contributed by atoms with Gasteiger partial charge in [0.05, 0.1) is 17.6 Å². The number of nitrogens with one attached hydrogen (secondary N) is 2. The van der Waals surface area contributed by atoms with Crippen molar-refractivity contribution >= 4 is 17.0 Å². The van der Waals surface area contributed by atoms with E-state index in [0.29, 0.717) is 23.6 Å². The van der Waals surface area contributed by atoms with E-state index in [2.05, 4.69) is 20.3 Å². The van der Waals surface area contributed by atoms with Gasteiger partial charge in [0.2, 0.25) is 0 Å². The molecule has 2 aromatic rings. The normalized spacial score (nSPS) is 13.6. The van der Waals surface area contributed by atoms with Crippen molar-refractivity contribution in [2.75, 3.05) is 39.1 Å². The number of fused-ring (bicyclic) bond motifs is 2. The maximum absolute atomic E-state index is 12.0. The summed E-state index contributed by atoms with van der Waals surface area (Å²) < 4.78 is 6.19. The number of ether oxygens (including phenoxy) is 1. The molecular weight excluding hydrogens is 258 g/mol. The standard InChI is InChI=1S/C13H18N5O2/c1-17(2)5-4-14-13-15-10-7-9-3-6-20-12(9)8-11(10)18(19)16-13/h7-8H,3-6H2,1-2H3,(H2,14,15,16,19)/q+1. The molecule has 1 aromatic heterocycles. The van der Waals surface area contributed by atoms with E-state index in [1.165, 1.54) is 0 Å². The molecule has 0 saturated heterocycles. The Kier molecular flexibility index (Phi) is 3.27. The van der Waals surface area contributed by atoms with E-state index >= 15 is 0 Å². The lowest BCUT2D eigenvalue weighted by molar-refractivity contribution is -0.535. The minimum atomic E-state index is 0.480. The molecule has 1 aromatic carbocycles. The highest BCUT2D eigenvalue weighted by molar-refractivity contribution is 5.75. The van der Waals surface area contributed by atoms with E-state index in [4.69, 9.17) is 4.74 Å². The molecule has 0 atom stereocenters. The molecule has 7 nitrogen and oxygen atoms in total. The Hall–Kier alpha value is -2.15. The third kappa shape index (κ3) is 2.44. The number of hydrogen-bond acceptors (Lipinski definition) is 5. The number of aromatic amines is 1. The predicted octanol–water partition coefficient (Wildman–Crippen LogP) is 0.386. The van der Waals surface area contributed by atoms with Crippen LogP contribution in [0.1, 0.15) is 5.56 Å². The molecule has 2 heterocycles. The monoisotopic (exact) mass is 276 g/mol. The maximum Gasteiger partial charge on any atom is 0.321 e. The van der Waals surface area contributed by atoms with Crippen molar-refractivity contribution in [2.24, 2.45) is 0 Å². The third-order valence-electron chi connectivity index (χ3n) is 3.30. The fourth-order valence-electron chi connectivity index (χ4n) is 2.23. The van der Waals surface area contributed by atoms with Crippen LogP contribution in [0.5, 0.6) is 5.75 Å². The highest BCUT2D eigenvalue weighted by atomic mass is 16.5. The number of nitrogens with zero attached hydrogens (tertiary/aromatic N) is 3. The summed E-state index contributed by atoms with van der Waals surface area (Å²) in [5, 5.41) is 5.80. The Morgan fingerprint density at radius 3 is 3.15 bits per heavy atom.